The third kappa shape index (κ3) is 3.92. The Bertz CT molecular complexity index is 1180. The second kappa shape index (κ2) is 8.14. The van der Waals surface area contributed by atoms with E-state index in [9.17, 15) is 0 Å². The molecule has 0 unspecified atom stereocenters. The van der Waals surface area contributed by atoms with Crippen molar-refractivity contribution in [3.63, 3.8) is 0 Å². The summed E-state index contributed by atoms with van der Waals surface area (Å²) < 4.78 is 17.3. The van der Waals surface area contributed by atoms with Crippen LogP contribution >= 0.6 is 0 Å². The molecule has 2 aliphatic heterocycles. The summed E-state index contributed by atoms with van der Waals surface area (Å²) in [4.78, 5) is 0. The van der Waals surface area contributed by atoms with E-state index in [1.165, 1.54) is 5.56 Å². The second-order valence-corrected chi connectivity index (χ2v) is 9.62. The lowest BCUT2D eigenvalue weighted by Gasteiger charge is -2.38. The van der Waals surface area contributed by atoms with Crippen molar-refractivity contribution in [2.24, 2.45) is 5.10 Å². The van der Waals surface area contributed by atoms with Gasteiger partial charge in [0.25, 0.3) is 0 Å². The number of hydrogen-bond donors (Lipinski definition) is 0. The van der Waals surface area contributed by atoms with Gasteiger partial charge in [-0.15, -0.1) is 0 Å². The molecular formula is C28H30N2O3. The van der Waals surface area contributed by atoms with Gasteiger partial charge in [-0.25, -0.2) is 5.01 Å². The van der Waals surface area contributed by atoms with Crippen LogP contribution < -0.4 is 14.2 Å². The average molecular weight is 443 g/mol. The monoisotopic (exact) mass is 442 g/mol. The van der Waals surface area contributed by atoms with Gasteiger partial charge in [-0.05, 0) is 59.0 Å². The van der Waals surface area contributed by atoms with Crippen LogP contribution in [0.15, 0.2) is 71.8 Å². The Balaban J connectivity index is 1.55. The smallest absolute Gasteiger partial charge is 0.213 e. The highest BCUT2D eigenvalue weighted by molar-refractivity contribution is 6.02. The lowest BCUT2D eigenvalue weighted by atomic mass is 9.86. The fraction of sp³-hybridized carbons (Fsp3) is 0.321. The Kier molecular flexibility index (Phi) is 5.28. The Morgan fingerprint density at radius 2 is 1.55 bits per heavy atom. The molecule has 0 amide bonds. The van der Waals surface area contributed by atoms with Crippen LogP contribution in [0, 0.1) is 0 Å². The van der Waals surface area contributed by atoms with Gasteiger partial charge in [0, 0.05) is 17.5 Å². The van der Waals surface area contributed by atoms with Gasteiger partial charge in [-0.2, -0.15) is 5.10 Å². The van der Waals surface area contributed by atoms with Crippen LogP contribution in [0.2, 0.25) is 0 Å². The van der Waals surface area contributed by atoms with Gasteiger partial charge >= 0.3 is 0 Å². The van der Waals surface area contributed by atoms with Crippen molar-refractivity contribution in [3.8, 4) is 17.2 Å². The molecule has 0 aliphatic carbocycles. The molecular weight excluding hydrogens is 412 g/mol. The summed E-state index contributed by atoms with van der Waals surface area (Å²) in [5.74, 6) is 2.54. The van der Waals surface area contributed by atoms with E-state index in [1.54, 1.807) is 14.2 Å². The van der Waals surface area contributed by atoms with E-state index in [4.69, 9.17) is 19.3 Å². The molecule has 0 saturated heterocycles. The number of hydrazone groups is 1. The maximum absolute atomic E-state index is 6.52. The standard InChI is InChI=1S/C28H30N2O3/c1-28(2,3)20-10-6-19(7-11-20)27-30-25(23-16-22(32-5)14-15-26(23)33-27)17-24(29-30)18-8-12-21(31-4)13-9-18/h6-16,25,27H,17H2,1-5H3/t25-,27+/m0/s1. The predicted octanol–water partition coefficient (Wildman–Crippen LogP) is 6.24. The van der Waals surface area contributed by atoms with Crippen LogP contribution in [-0.4, -0.2) is 24.9 Å². The number of hydrogen-bond acceptors (Lipinski definition) is 5. The third-order valence-corrected chi connectivity index (χ3v) is 6.48. The second-order valence-electron chi connectivity index (χ2n) is 9.62. The number of benzene rings is 3. The number of nitrogens with zero attached hydrogens (tertiary/aromatic N) is 2. The lowest BCUT2D eigenvalue weighted by Crippen LogP contribution is -2.33. The minimum absolute atomic E-state index is 0.0771. The minimum atomic E-state index is -0.291. The zero-order chi connectivity index (χ0) is 23.2. The molecule has 5 nitrogen and oxygen atoms in total. The van der Waals surface area contributed by atoms with Crippen molar-refractivity contribution in [3.05, 3.63) is 89.0 Å². The Morgan fingerprint density at radius 3 is 2.18 bits per heavy atom. The molecule has 33 heavy (non-hydrogen) atoms. The van der Waals surface area contributed by atoms with Gasteiger partial charge in [0.15, 0.2) is 0 Å². The first-order chi connectivity index (χ1) is 15.9. The SMILES string of the molecule is COc1ccc(C2=NN3[C@@H](c4ccc(C(C)(C)C)cc4)Oc4ccc(OC)cc4[C@@H]3C2)cc1. The normalized spacial score (nSPS) is 19.3. The molecule has 2 aliphatic rings. The summed E-state index contributed by atoms with van der Waals surface area (Å²) in [6.07, 6.45) is 0.507. The average Bonchev–Trinajstić information content (AvgIpc) is 3.28. The molecule has 5 rings (SSSR count). The summed E-state index contributed by atoms with van der Waals surface area (Å²) in [6.45, 7) is 6.68. The molecule has 0 aromatic heterocycles. The van der Waals surface area contributed by atoms with E-state index in [0.717, 1.165) is 46.1 Å². The highest BCUT2D eigenvalue weighted by Gasteiger charge is 2.41. The molecule has 3 aromatic carbocycles. The highest BCUT2D eigenvalue weighted by atomic mass is 16.5. The summed E-state index contributed by atoms with van der Waals surface area (Å²) in [6, 6.07) is 22.9. The zero-order valence-corrected chi connectivity index (χ0v) is 19.8. The first-order valence-corrected chi connectivity index (χ1v) is 11.3. The van der Waals surface area contributed by atoms with Crippen molar-refractivity contribution < 1.29 is 14.2 Å². The molecule has 5 heteroatoms. The number of ether oxygens (including phenoxy) is 3. The van der Waals surface area contributed by atoms with E-state index in [1.807, 2.05) is 24.3 Å². The molecule has 0 fully saturated rings. The fourth-order valence-electron chi connectivity index (χ4n) is 4.52. The van der Waals surface area contributed by atoms with Crippen LogP contribution in [0.25, 0.3) is 0 Å². The Labute approximate surface area is 195 Å². The van der Waals surface area contributed by atoms with Gasteiger partial charge < -0.3 is 14.2 Å². The topological polar surface area (TPSA) is 43.3 Å². The Hall–Kier alpha value is -3.47. The molecule has 0 spiro atoms. The molecule has 2 heterocycles. The van der Waals surface area contributed by atoms with Gasteiger partial charge in [-0.3, -0.25) is 0 Å². The van der Waals surface area contributed by atoms with Crippen LogP contribution in [0.1, 0.15) is 61.7 Å². The zero-order valence-electron chi connectivity index (χ0n) is 19.8. The van der Waals surface area contributed by atoms with Crippen molar-refractivity contribution in [2.45, 2.75) is 44.9 Å². The Morgan fingerprint density at radius 1 is 0.879 bits per heavy atom. The van der Waals surface area contributed by atoms with Gasteiger partial charge in [0.05, 0.1) is 26.0 Å². The number of rotatable bonds is 4. The molecule has 0 saturated carbocycles. The largest absolute Gasteiger partial charge is 0.497 e. The van der Waals surface area contributed by atoms with Gasteiger partial charge in [-0.1, -0.05) is 45.0 Å². The van der Waals surface area contributed by atoms with E-state index < -0.39 is 0 Å². The van der Waals surface area contributed by atoms with E-state index in [0.29, 0.717) is 0 Å². The fourth-order valence-corrected chi connectivity index (χ4v) is 4.52. The summed E-state index contributed by atoms with van der Waals surface area (Å²) in [5, 5.41) is 7.17. The number of fused-ring (bicyclic) bond motifs is 3. The van der Waals surface area contributed by atoms with E-state index in [2.05, 4.69) is 68.2 Å². The van der Waals surface area contributed by atoms with Crippen molar-refractivity contribution in [1.82, 2.24) is 5.01 Å². The first kappa shape index (κ1) is 21.4. The maximum Gasteiger partial charge on any atom is 0.213 e. The van der Waals surface area contributed by atoms with E-state index >= 15 is 0 Å². The molecule has 0 radical (unpaired) electrons. The lowest BCUT2D eigenvalue weighted by molar-refractivity contribution is -0.0191. The van der Waals surface area contributed by atoms with Crippen LogP contribution in [0.4, 0.5) is 0 Å². The van der Waals surface area contributed by atoms with Crippen LogP contribution in [0.5, 0.6) is 17.2 Å². The van der Waals surface area contributed by atoms with Crippen LogP contribution in [0.3, 0.4) is 0 Å². The van der Waals surface area contributed by atoms with Gasteiger partial charge in [0.2, 0.25) is 6.23 Å². The molecule has 0 bridgehead atoms. The van der Waals surface area contributed by atoms with Crippen LogP contribution in [-0.2, 0) is 5.41 Å². The molecule has 170 valence electrons. The highest BCUT2D eigenvalue weighted by Crippen LogP contribution is 2.48. The van der Waals surface area contributed by atoms with Gasteiger partial charge in [0.1, 0.15) is 17.2 Å². The minimum Gasteiger partial charge on any atom is -0.497 e. The number of methoxy groups -OCH3 is 2. The van der Waals surface area contributed by atoms with Crippen molar-refractivity contribution in [1.29, 1.82) is 0 Å². The first-order valence-electron chi connectivity index (χ1n) is 11.3. The molecule has 3 aromatic rings. The van der Waals surface area contributed by atoms with Crippen molar-refractivity contribution >= 4 is 5.71 Å². The third-order valence-electron chi connectivity index (χ3n) is 6.48. The maximum atomic E-state index is 6.52. The predicted molar refractivity (Wildman–Crippen MR) is 130 cm³/mol. The summed E-state index contributed by atoms with van der Waals surface area (Å²) in [7, 11) is 3.37. The molecule has 0 N–H and O–H groups in total. The van der Waals surface area contributed by atoms with Crippen molar-refractivity contribution in [2.75, 3.05) is 14.2 Å². The van der Waals surface area contributed by atoms with E-state index in [-0.39, 0.29) is 17.7 Å². The summed E-state index contributed by atoms with van der Waals surface area (Å²) in [5.41, 5.74) is 5.73. The summed E-state index contributed by atoms with van der Waals surface area (Å²) >= 11 is 0. The quantitative estimate of drug-likeness (QED) is 0.479. The molecule has 2 atom stereocenters.